The molecule has 0 bridgehead atoms. The first-order valence-electron chi connectivity index (χ1n) is 8.98. The number of carbonyl (C=O) groups excluding carboxylic acids is 1. The fourth-order valence-electron chi connectivity index (χ4n) is 2.73. The van der Waals surface area contributed by atoms with Crippen LogP contribution < -0.4 is 5.56 Å². The van der Waals surface area contributed by atoms with Gasteiger partial charge in [-0.2, -0.15) is 0 Å². The van der Waals surface area contributed by atoms with Crippen molar-refractivity contribution in [1.82, 2.24) is 9.55 Å². The highest BCUT2D eigenvalue weighted by Crippen LogP contribution is 2.23. The van der Waals surface area contributed by atoms with E-state index in [0.29, 0.717) is 22.7 Å². The first-order valence-corrected chi connectivity index (χ1v) is 9.96. The molecule has 1 heterocycles. The van der Waals surface area contributed by atoms with Gasteiger partial charge >= 0.3 is 5.97 Å². The van der Waals surface area contributed by atoms with Crippen molar-refractivity contribution in [2.24, 2.45) is 0 Å². The minimum atomic E-state index is -0.299. The minimum absolute atomic E-state index is 0.111. The molecule has 5 nitrogen and oxygen atoms in total. The Kier molecular flexibility index (Phi) is 6.29. The molecule has 140 valence electrons. The number of para-hydroxylation sites is 2. The third kappa shape index (κ3) is 4.39. The predicted octanol–water partition coefficient (Wildman–Crippen LogP) is 4.13. The summed E-state index contributed by atoms with van der Waals surface area (Å²) >= 11 is 1.22. The van der Waals surface area contributed by atoms with Crippen molar-refractivity contribution in [3.8, 4) is 5.69 Å². The summed E-state index contributed by atoms with van der Waals surface area (Å²) in [6.07, 6.45) is 1.82. The lowest BCUT2D eigenvalue weighted by molar-refractivity contribution is -0.140. The van der Waals surface area contributed by atoms with Gasteiger partial charge in [0.15, 0.2) is 5.16 Å². The zero-order valence-corrected chi connectivity index (χ0v) is 16.3. The number of ether oxygens (including phenoxy) is 1. The highest BCUT2D eigenvalue weighted by molar-refractivity contribution is 7.99. The van der Waals surface area contributed by atoms with Crippen LogP contribution in [0.25, 0.3) is 16.6 Å². The van der Waals surface area contributed by atoms with E-state index in [-0.39, 0.29) is 17.3 Å². The number of fused-ring (bicyclic) bond motifs is 1. The molecule has 2 aromatic carbocycles. The van der Waals surface area contributed by atoms with E-state index in [1.165, 1.54) is 11.8 Å². The zero-order chi connectivity index (χ0) is 19.2. The Balaban J connectivity index is 2.00. The number of benzene rings is 2. The Morgan fingerprint density at radius 1 is 1.15 bits per heavy atom. The van der Waals surface area contributed by atoms with Gasteiger partial charge in [-0.1, -0.05) is 55.4 Å². The monoisotopic (exact) mass is 382 g/mol. The van der Waals surface area contributed by atoms with E-state index >= 15 is 0 Å². The van der Waals surface area contributed by atoms with Gasteiger partial charge in [-0.25, -0.2) is 4.98 Å². The molecule has 1 aromatic heterocycles. The highest BCUT2D eigenvalue weighted by atomic mass is 32.2. The van der Waals surface area contributed by atoms with Gasteiger partial charge in [-0.15, -0.1) is 0 Å². The lowest BCUT2D eigenvalue weighted by Gasteiger charge is -2.15. The first-order chi connectivity index (χ1) is 13.1. The second-order valence-electron chi connectivity index (χ2n) is 6.20. The van der Waals surface area contributed by atoms with Gasteiger partial charge in [0, 0.05) is 0 Å². The summed E-state index contributed by atoms with van der Waals surface area (Å²) in [6.45, 7) is 4.42. The zero-order valence-electron chi connectivity index (χ0n) is 15.5. The lowest BCUT2D eigenvalue weighted by Crippen LogP contribution is -2.23. The molecule has 0 amide bonds. The molecular formula is C21H22N2O3S. The first kappa shape index (κ1) is 19.2. The molecule has 0 aliphatic heterocycles. The Bertz CT molecular complexity index is 1010. The number of hydrogen-bond donors (Lipinski definition) is 0. The molecular weight excluding hydrogens is 360 g/mol. The van der Waals surface area contributed by atoms with Gasteiger partial charge in [-0.05, 0) is 37.1 Å². The van der Waals surface area contributed by atoms with Crippen LogP contribution in [0, 0.1) is 6.92 Å². The number of unbranched alkanes of at least 4 members (excludes halogenated alkanes) is 1. The quantitative estimate of drug-likeness (QED) is 0.266. The van der Waals surface area contributed by atoms with Crippen LogP contribution in [0.5, 0.6) is 0 Å². The summed E-state index contributed by atoms with van der Waals surface area (Å²) in [6, 6.07) is 14.9. The molecule has 0 aliphatic rings. The average molecular weight is 382 g/mol. The minimum Gasteiger partial charge on any atom is -0.465 e. The van der Waals surface area contributed by atoms with Gasteiger partial charge in [0.05, 0.1) is 29.0 Å². The number of aromatic nitrogens is 2. The molecule has 27 heavy (non-hydrogen) atoms. The van der Waals surface area contributed by atoms with Crippen molar-refractivity contribution in [3.63, 3.8) is 0 Å². The molecule has 6 heteroatoms. The van der Waals surface area contributed by atoms with Crippen LogP contribution >= 0.6 is 11.8 Å². The fraction of sp³-hybridized carbons (Fsp3) is 0.286. The van der Waals surface area contributed by atoms with Gasteiger partial charge in [0.25, 0.3) is 5.56 Å². The van der Waals surface area contributed by atoms with E-state index in [1.54, 1.807) is 10.6 Å². The Labute approximate surface area is 162 Å². The summed E-state index contributed by atoms with van der Waals surface area (Å²) < 4.78 is 6.80. The largest absolute Gasteiger partial charge is 0.465 e. The van der Waals surface area contributed by atoms with Crippen LogP contribution in [0.3, 0.4) is 0 Å². The van der Waals surface area contributed by atoms with E-state index in [1.807, 2.05) is 56.3 Å². The standard InChI is InChI=1S/C21H22N2O3S/c1-3-4-13-26-19(24)14-27-21-22-17-11-7-6-10-16(17)20(25)23(21)18-12-8-5-9-15(18)2/h5-12H,3-4,13-14H2,1-2H3. The molecule has 3 rings (SSSR count). The van der Waals surface area contributed by atoms with Gasteiger partial charge in [-0.3, -0.25) is 14.2 Å². The Morgan fingerprint density at radius 2 is 1.89 bits per heavy atom. The number of rotatable bonds is 7. The summed E-state index contributed by atoms with van der Waals surface area (Å²) in [4.78, 5) is 29.8. The van der Waals surface area contributed by atoms with Gasteiger partial charge < -0.3 is 4.74 Å². The molecule has 0 radical (unpaired) electrons. The molecule has 0 saturated heterocycles. The van der Waals surface area contributed by atoms with Crippen molar-refractivity contribution in [1.29, 1.82) is 0 Å². The number of thioether (sulfide) groups is 1. The third-order valence-electron chi connectivity index (χ3n) is 4.18. The summed E-state index contributed by atoms with van der Waals surface area (Å²) in [7, 11) is 0. The molecule has 0 atom stereocenters. The predicted molar refractivity (Wildman–Crippen MR) is 109 cm³/mol. The van der Waals surface area contributed by atoms with Crippen LogP contribution in [0.15, 0.2) is 58.5 Å². The maximum atomic E-state index is 13.2. The van der Waals surface area contributed by atoms with Crippen molar-refractivity contribution < 1.29 is 9.53 Å². The van der Waals surface area contributed by atoms with Crippen LogP contribution in [-0.2, 0) is 9.53 Å². The Hall–Kier alpha value is -2.60. The number of aryl methyl sites for hydroxylation is 1. The lowest BCUT2D eigenvalue weighted by atomic mass is 10.2. The van der Waals surface area contributed by atoms with Crippen molar-refractivity contribution >= 4 is 28.6 Å². The highest BCUT2D eigenvalue weighted by Gasteiger charge is 2.16. The Morgan fingerprint density at radius 3 is 2.67 bits per heavy atom. The van der Waals surface area contributed by atoms with Crippen molar-refractivity contribution in [2.75, 3.05) is 12.4 Å². The smallest absolute Gasteiger partial charge is 0.316 e. The van der Waals surface area contributed by atoms with Crippen LogP contribution in [0.4, 0.5) is 0 Å². The van der Waals surface area contributed by atoms with Crippen LogP contribution in [0.1, 0.15) is 25.3 Å². The number of carbonyl (C=O) groups is 1. The molecule has 0 aliphatic carbocycles. The van der Waals surface area contributed by atoms with Gasteiger partial charge in [0.1, 0.15) is 0 Å². The number of esters is 1. The molecule has 3 aromatic rings. The van der Waals surface area contributed by atoms with Gasteiger partial charge in [0.2, 0.25) is 0 Å². The van der Waals surface area contributed by atoms with E-state index in [0.717, 1.165) is 24.1 Å². The molecule has 0 saturated carbocycles. The van der Waals surface area contributed by atoms with Crippen LogP contribution in [0.2, 0.25) is 0 Å². The van der Waals surface area contributed by atoms with Crippen molar-refractivity contribution in [3.05, 3.63) is 64.4 Å². The molecule has 0 N–H and O–H groups in total. The maximum Gasteiger partial charge on any atom is 0.316 e. The van der Waals surface area contributed by atoms with E-state index in [9.17, 15) is 9.59 Å². The normalized spacial score (nSPS) is 10.9. The number of nitrogens with zero attached hydrogens (tertiary/aromatic N) is 2. The second kappa shape index (κ2) is 8.86. The maximum absolute atomic E-state index is 13.2. The number of hydrogen-bond acceptors (Lipinski definition) is 5. The van der Waals surface area contributed by atoms with E-state index in [2.05, 4.69) is 4.98 Å². The third-order valence-corrected chi connectivity index (χ3v) is 5.09. The molecule has 0 unspecified atom stereocenters. The molecule has 0 spiro atoms. The van der Waals surface area contributed by atoms with E-state index < -0.39 is 0 Å². The fourth-order valence-corrected chi connectivity index (χ4v) is 3.53. The summed E-state index contributed by atoms with van der Waals surface area (Å²) in [5.41, 5.74) is 2.21. The summed E-state index contributed by atoms with van der Waals surface area (Å²) in [5.74, 6) is -0.187. The van der Waals surface area contributed by atoms with Crippen LogP contribution in [-0.4, -0.2) is 27.9 Å². The average Bonchev–Trinajstić information content (AvgIpc) is 2.68. The summed E-state index contributed by atoms with van der Waals surface area (Å²) in [5, 5.41) is 1.04. The SMILES string of the molecule is CCCCOC(=O)CSc1nc2ccccc2c(=O)n1-c1ccccc1C. The topological polar surface area (TPSA) is 61.2 Å². The second-order valence-corrected chi connectivity index (χ2v) is 7.14. The van der Waals surface area contributed by atoms with E-state index in [4.69, 9.17) is 4.74 Å². The molecule has 0 fully saturated rings. The van der Waals surface area contributed by atoms with Crippen molar-refractivity contribution in [2.45, 2.75) is 31.8 Å².